The minimum absolute atomic E-state index is 0.829. The Bertz CT molecular complexity index is 511. The van der Waals surface area contributed by atoms with Crippen molar-refractivity contribution in [1.29, 1.82) is 0 Å². The summed E-state index contributed by atoms with van der Waals surface area (Å²) in [5.74, 6) is 0.936. The van der Waals surface area contributed by atoms with Gasteiger partial charge in [0.05, 0.1) is 7.11 Å². The van der Waals surface area contributed by atoms with E-state index in [-0.39, 0.29) is 0 Å². The lowest BCUT2D eigenvalue weighted by molar-refractivity contribution is 0.408. The van der Waals surface area contributed by atoms with Crippen LogP contribution in [0, 0.1) is 0 Å². The molecular weight excluding hydrogens is 236 g/mol. The fourth-order valence-corrected chi connectivity index (χ4v) is 2.05. The largest absolute Gasteiger partial charge is 0.496 e. The van der Waals surface area contributed by atoms with Crippen molar-refractivity contribution >= 4 is 0 Å². The summed E-state index contributed by atoms with van der Waals surface area (Å²) in [6.07, 6.45) is 2.68. The molecule has 0 saturated heterocycles. The Morgan fingerprint density at radius 3 is 2.79 bits per heavy atom. The van der Waals surface area contributed by atoms with Crippen LogP contribution < -0.4 is 10.1 Å². The molecule has 0 radical (unpaired) electrons. The molecule has 3 nitrogen and oxygen atoms in total. The first-order valence-corrected chi connectivity index (χ1v) is 6.60. The summed E-state index contributed by atoms with van der Waals surface area (Å²) < 4.78 is 5.39. The number of nitrogens with zero attached hydrogens (tertiary/aromatic N) is 1. The molecular formula is C16H20N2O. The standard InChI is InChI=1S/C16H20N2O/c1-3-17-12-14-10-13(7-8-16(14)19-2)11-15-6-4-5-9-18-15/h4-10,17H,3,11-12H2,1-2H3. The van der Waals surface area contributed by atoms with Crippen LogP contribution in [0.5, 0.6) is 5.75 Å². The van der Waals surface area contributed by atoms with Crippen LogP contribution in [0.15, 0.2) is 42.6 Å². The Morgan fingerprint density at radius 1 is 1.21 bits per heavy atom. The van der Waals surface area contributed by atoms with E-state index in [0.29, 0.717) is 0 Å². The van der Waals surface area contributed by atoms with Crippen LogP contribution in [0.25, 0.3) is 0 Å². The number of nitrogens with one attached hydrogen (secondary N) is 1. The molecule has 0 aliphatic heterocycles. The molecule has 1 aromatic carbocycles. The van der Waals surface area contributed by atoms with Gasteiger partial charge in [0.25, 0.3) is 0 Å². The Hall–Kier alpha value is -1.87. The molecule has 19 heavy (non-hydrogen) atoms. The van der Waals surface area contributed by atoms with Gasteiger partial charge in [-0.05, 0) is 30.3 Å². The molecule has 100 valence electrons. The summed E-state index contributed by atoms with van der Waals surface area (Å²) in [5.41, 5.74) is 3.53. The SMILES string of the molecule is CCNCc1cc(Cc2ccccn2)ccc1OC. The van der Waals surface area contributed by atoms with Crippen molar-refractivity contribution in [3.63, 3.8) is 0 Å². The predicted octanol–water partition coefficient (Wildman–Crippen LogP) is 2.79. The number of pyridine rings is 1. The second-order valence-electron chi connectivity index (χ2n) is 4.42. The Labute approximate surface area is 114 Å². The van der Waals surface area contributed by atoms with Gasteiger partial charge in [-0.25, -0.2) is 0 Å². The minimum Gasteiger partial charge on any atom is -0.496 e. The van der Waals surface area contributed by atoms with E-state index in [9.17, 15) is 0 Å². The van der Waals surface area contributed by atoms with Crippen molar-refractivity contribution in [2.75, 3.05) is 13.7 Å². The smallest absolute Gasteiger partial charge is 0.123 e. The van der Waals surface area contributed by atoms with Gasteiger partial charge in [-0.3, -0.25) is 4.98 Å². The molecule has 0 fully saturated rings. The van der Waals surface area contributed by atoms with E-state index in [1.807, 2.05) is 30.5 Å². The normalized spacial score (nSPS) is 10.4. The fourth-order valence-electron chi connectivity index (χ4n) is 2.05. The van der Waals surface area contributed by atoms with Crippen LogP contribution in [0.2, 0.25) is 0 Å². The molecule has 0 unspecified atom stereocenters. The molecule has 1 aromatic heterocycles. The van der Waals surface area contributed by atoms with Gasteiger partial charge in [0, 0.05) is 30.4 Å². The van der Waals surface area contributed by atoms with Crippen molar-refractivity contribution < 1.29 is 4.74 Å². The summed E-state index contributed by atoms with van der Waals surface area (Å²) in [6.45, 7) is 3.88. The molecule has 2 aromatic rings. The minimum atomic E-state index is 0.829. The predicted molar refractivity (Wildman–Crippen MR) is 77.4 cm³/mol. The third kappa shape index (κ3) is 3.80. The number of hydrogen-bond acceptors (Lipinski definition) is 3. The third-order valence-electron chi connectivity index (χ3n) is 3.02. The lowest BCUT2D eigenvalue weighted by Crippen LogP contribution is -2.12. The van der Waals surface area contributed by atoms with Crippen molar-refractivity contribution in [1.82, 2.24) is 10.3 Å². The summed E-state index contributed by atoms with van der Waals surface area (Å²) in [5, 5.41) is 3.33. The van der Waals surface area contributed by atoms with Crippen LogP contribution >= 0.6 is 0 Å². The lowest BCUT2D eigenvalue weighted by atomic mass is 10.0. The molecule has 1 heterocycles. The summed E-state index contributed by atoms with van der Waals surface area (Å²) in [6, 6.07) is 12.3. The molecule has 2 rings (SSSR count). The molecule has 0 amide bonds. The van der Waals surface area contributed by atoms with Gasteiger partial charge in [-0.2, -0.15) is 0 Å². The number of ether oxygens (including phenoxy) is 1. The monoisotopic (exact) mass is 256 g/mol. The molecule has 3 heteroatoms. The van der Waals surface area contributed by atoms with E-state index in [4.69, 9.17) is 4.74 Å². The average molecular weight is 256 g/mol. The third-order valence-corrected chi connectivity index (χ3v) is 3.02. The number of methoxy groups -OCH3 is 1. The first kappa shape index (κ1) is 13.6. The van der Waals surface area contributed by atoms with Gasteiger partial charge in [0.1, 0.15) is 5.75 Å². The van der Waals surface area contributed by atoms with E-state index < -0.39 is 0 Å². The maximum absolute atomic E-state index is 5.39. The van der Waals surface area contributed by atoms with Gasteiger partial charge >= 0.3 is 0 Å². The number of hydrogen-bond donors (Lipinski definition) is 1. The molecule has 0 atom stereocenters. The second-order valence-corrected chi connectivity index (χ2v) is 4.42. The van der Waals surface area contributed by atoms with Crippen molar-refractivity contribution in [2.24, 2.45) is 0 Å². The van der Waals surface area contributed by atoms with Crippen LogP contribution in [0.4, 0.5) is 0 Å². The van der Waals surface area contributed by atoms with Gasteiger partial charge in [-0.1, -0.05) is 25.1 Å². The highest BCUT2D eigenvalue weighted by molar-refractivity contribution is 5.38. The zero-order valence-corrected chi connectivity index (χ0v) is 11.5. The molecule has 0 aliphatic rings. The summed E-state index contributed by atoms with van der Waals surface area (Å²) in [7, 11) is 1.71. The van der Waals surface area contributed by atoms with Gasteiger partial charge < -0.3 is 10.1 Å². The van der Waals surface area contributed by atoms with Crippen LogP contribution in [0.1, 0.15) is 23.7 Å². The van der Waals surface area contributed by atoms with E-state index in [1.54, 1.807) is 7.11 Å². The van der Waals surface area contributed by atoms with Crippen molar-refractivity contribution in [3.05, 3.63) is 59.4 Å². The zero-order valence-electron chi connectivity index (χ0n) is 11.5. The maximum Gasteiger partial charge on any atom is 0.123 e. The fraction of sp³-hybridized carbons (Fsp3) is 0.312. The van der Waals surface area contributed by atoms with E-state index in [1.165, 1.54) is 11.1 Å². The number of aromatic nitrogens is 1. The average Bonchev–Trinajstić information content (AvgIpc) is 2.46. The molecule has 0 saturated carbocycles. The van der Waals surface area contributed by atoms with Gasteiger partial charge in [0.15, 0.2) is 0 Å². The molecule has 0 spiro atoms. The van der Waals surface area contributed by atoms with E-state index in [0.717, 1.165) is 31.0 Å². The first-order chi connectivity index (χ1) is 9.33. The van der Waals surface area contributed by atoms with Crippen LogP contribution in [0.3, 0.4) is 0 Å². The molecule has 0 aliphatic carbocycles. The van der Waals surface area contributed by atoms with Gasteiger partial charge in [0.2, 0.25) is 0 Å². The topological polar surface area (TPSA) is 34.2 Å². The quantitative estimate of drug-likeness (QED) is 0.863. The number of rotatable bonds is 6. The van der Waals surface area contributed by atoms with Gasteiger partial charge in [-0.15, -0.1) is 0 Å². The van der Waals surface area contributed by atoms with E-state index >= 15 is 0 Å². The lowest BCUT2D eigenvalue weighted by Gasteiger charge is -2.11. The number of benzene rings is 1. The van der Waals surface area contributed by atoms with Crippen molar-refractivity contribution in [3.8, 4) is 5.75 Å². The highest BCUT2D eigenvalue weighted by Gasteiger charge is 2.05. The highest BCUT2D eigenvalue weighted by atomic mass is 16.5. The summed E-state index contributed by atoms with van der Waals surface area (Å²) in [4.78, 5) is 4.36. The Kier molecular flexibility index (Phi) is 4.93. The van der Waals surface area contributed by atoms with E-state index in [2.05, 4.69) is 29.4 Å². The molecule has 0 bridgehead atoms. The Morgan fingerprint density at radius 2 is 2.11 bits per heavy atom. The second kappa shape index (κ2) is 6.90. The van der Waals surface area contributed by atoms with Crippen LogP contribution in [-0.2, 0) is 13.0 Å². The van der Waals surface area contributed by atoms with Crippen LogP contribution in [-0.4, -0.2) is 18.6 Å². The van der Waals surface area contributed by atoms with Crippen molar-refractivity contribution in [2.45, 2.75) is 19.9 Å². The maximum atomic E-state index is 5.39. The Balaban J connectivity index is 2.17. The zero-order chi connectivity index (χ0) is 13.5. The highest BCUT2D eigenvalue weighted by Crippen LogP contribution is 2.21. The first-order valence-electron chi connectivity index (χ1n) is 6.60. The molecule has 1 N–H and O–H groups in total. The summed E-state index contributed by atoms with van der Waals surface area (Å²) >= 11 is 0.